The van der Waals surface area contributed by atoms with Gasteiger partial charge in [0.1, 0.15) is 0 Å². The van der Waals surface area contributed by atoms with Gasteiger partial charge in [-0.15, -0.1) is 0 Å². The van der Waals surface area contributed by atoms with Gasteiger partial charge in [0.05, 0.1) is 0 Å². The van der Waals surface area contributed by atoms with Crippen LogP contribution < -0.4 is 5.73 Å². The summed E-state index contributed by atoms with van der Waals surface area (Å²) < 4.78 is 0. The van der Waals surface area contributed by atoms with Gasteiger partial charge in [0.2, 0.25) is 0 Å². The van der Waals surface area contributed by atoms with E-state index in [1.807, 2.05) is 0 Å². The molecule has 2 aliphatic carbocycles. The molecule has 0 amide bonds. The third-order valence-electron chi connectivity index (χ3n) is 4.52. The first kappa shape index (κ1) is 9.51. The van der Waals surface area contributed by atoms with E-state index >= 15 is 0 Å². The van der Waals surface area contributed by atoms with Crippen LogP contribution in [0.3, 0.4) is 0 Å². The zero-order valence-corrected chi connectivity index (χ0v) is 9.27. The van der Waals surface area contributed by atoms with Crippen LogP contribution >= 0.6 is 0 Å². The normalized spacial score (nSPS) is 44.8. The predicted octanol–water partition coefficient (Wildman–Crippen LogP) is 2.94. The summed E-state index contributed by atoms with van der Waals surface area (Å²) in [6, 6.07) is 0. The van der Waals surface area contributed by atoms with Crippen molar-refractivity contribution in [2.24, 2.45) is 23.0 Å². The molecule has 0 aromatic rings. The maximum Gasteiger partial charge on any atom is 0.0212 e. The van der Waals surface area contributed by atoms with Gasteiger partial charge in [-0.3, -0.25) is 0 Å². The highest BCUT2D eigenvalue weighted by molar-refractivity contribution is 5.10. The summed E-state index contributed by atoms with van der Waals surface area (Å²) >= 11 is 0. The molecular formula is C12H23N. The van der Waals surface area contributed by atoms with Crippen molar-refractivity contribution in [1.29, 1.82) is 0 Å². The molecule has 2 atom stereocenters. The van der Waals surface area contributed by atoms with Crippen LogP contribution in [-0.2, 0) is 0 Å². The van der Waals surface area contributed by atoms with E-state index in [0.717, 1.165) is 11.8 Å². The fourth-order valence-electron chi connectivity index (χ4n) is 2.98. The Bertz CT molecular complexity index is 199. The van der Waals surface area contributed by atoms with Gasteiger partial charge in [-0.05, 0) is 49.4 Å². The molecule has 2 rings (SSSR count). The largest absolute Gasteiger partial charge is 0.325 e. The average Bonchev–Trinajstić information content (AvgIpc) is 2.60. The zero-order chi connectivity index (χ0) is 9.69. The minimum absolute atomic E-state index is 0.247. The Morgan fingerprint density at radius 3 is 2.00 bits per heavy atom. The third kappa shape index (κ3) is 1.63. The fourth-order valence-corrected chi connectivity index (χ4v) is 2.98. The molecule has 0 heterocycles. The number of rotatable bonds is 1. The lowest BCUT2D eigenvalue weighted by molar-refractivity contribution is 0.162. The molecule has 2 fully saturated rings. The van der Waals surface area contributed by atoms with E-state index in [4.69, 9.17) is 5.73 Å². The first-order valence-electron chi connectivity index (χ1n) is 5.73. The second-order valence-corrected chi connectivity index (χ2v) is 6.16. The predicted molar refractivity (Wildman–Crippen MR) is 56.4 cm³/mol. The summed E-state index contributed by atoms with van der Waals surface area (Å²) in [5.41, 5.74) is 7.19. The lowest BCUT2D eigenvalue weighted by Gasteiger charge is -2.37. The summed E-state index contributed by atoms with van der Waals surface area (Å²) in [6.45, 7) is 7.09. The van der Waals surface area contributed by atoms with E-state index in [1.165, 1.54) is 32.1 Å². The molecular weight excluding hydrogens is 158 g/mol. The van der Waals surface area contributed by atoms with Crippen LogP contribution in [0.15, 0.2) is 0 Å². The molecule has 0 aliphatic heterocycles. The monoisotopic (exact) mass is 181 g/mol. The van der Waals surface area contributed by atoms with E-state index < -0.39 is 0 Å². The minimum atomic E-state index is 0.247. The van der Waals surface area contributed by atoms with Gasteiger partial charge in [-0.25, -0.2) is 0 Å². The van der Waals surface area contributed by atoms with Crippen molar-refractivity contribution in [1.82, 2.24) is 0 Å². The molecule has 0 aromatic carbocycles. The summed E-state index contributed by atoms with van der Waals surface area (Å²) in [6.07, 6.45) is 6.77. The van der Waals surface area contributed by atoms with Crippen LogP contribution in [-0.4, -0.2) is 5.54 Å². The molecule has 0 spiro atoms. The van der Waals surface area contributed by atoms with Gasteiger partial charge in [-0.1, -0.05) is 20.8 Å². The second kappa shape index (κ2) is 2.73. The maximum atomic E-state index is 6.35. The second-order valence-electron chi connectivity index (χ2n) is 6.16. The summed E-state index contributed by atoms with van der Waals surface area (Å²) in [5, 5.41) is 0. The van der Waals surface area contributed by atoms with Crippen LogP contribution in [0, 0.1) is 17.3 Å². The molecule has 2 N–H and O–H groups in total. The fraction of sp³-hybridized carbons (Fsp3) is 1.00. The molecule has 0 saturated heterocycles. The first-order chi connectivity index (χ1) is 5.94. The zero-order valence-electron chi connectivity index (χ0n) is 9.27. The van der Waals surface area contributed by atoms with Crippen molar-refractivity contribution in [2.75, 3.05) is 0 Å². The molecule has 2 unspecified atom stereocenters. The number of nitrogens with two attached hydrogens (primary N) is 1. The third-order valence-corrected chi connectivity index (χ3v) is 4.52. The Balaban J connectivity index is 1.92. The molecule has 2 saturated carbocycles. The van der Waals surface area contributed by atoms with Crippen molar-refractivity contribution in [3.05, 3.63) is 0 Å². The van der Waals surface area contributed by atoms with E-state index in [0.29, 0.717) is 5.41 Å². The summed E-state index contributed by atoms with van der Waals surface area (Å²) in [5.74, 6) is 1.62. The Kier molecular flexibility index (Phi) is 1.99. The smallest absolute Gasteiger partial charge is 0.0212 e. The lowest BCUT2D eigenvalue weighted by atomic mass is 9.70. The summed E-state index contributed by atoms with van der Waals surface area (Å²) in [4.78, 5) is 0. The van der Waals surface area contributed by atoms with Gasteiger partial charge < -0.3 is 5.73 Å². The Hall–Kier alpha value is -0.0400. The van der Waals surface area contributed by atoms with Gasteiger partial charge in [0.25, 0.3) is 0 Å². The van der Waals surface area contributed by atoms with Crippen LogP contribution in [0.1, 0.15) is 52.9 Å². The van der Waals surface area contributed by atoms with Gasteiger partial charge in [-0.2, -0.15) is 0 Å². The molecule has 13 heavy (non-hydrogen) atoms. The van der Waals surface area contributed by atoms with Crippen molar-refractivity contribution in [3.8, 4) is 0 Å². The van der Waals surface area contributed by atoms with Crippen LogP contribution in [0.25, 0.3) is 0 Å². The van der Waals surface area contributed by atoms with Gasteiger partial charge >= 0.3 is 0 Å². The quantitative estimate of drug-likeness (QED) is 0.661. The molecule has 0 radical (unpaired) electrons. The highest BCUT2D eigenvalue weighted by atomic mass is 14.9. The van der Waals surface area contributed by atoms with Crippen LogP contribution in [0.5, 0.6) is 0 Å². The van der Waals surface area contributed by atoms with Gasteiger partial charge in [0.15, 0.2) is 0 Å². The highest BCUT2D eigenvalue weighted by Crippen LogP contribution is 2.53. The lowest BCUT2D eigenvalue weighted by Crippen LogP contribution is -2.38. The molecule has 1 heteroatoms. The Morgan fingerprint density at radius 1 is 1.15 bits per heavy atom. The van der Waals surface area contributed by atoms with Gasteiger partial charge in [0, 0.05) is 5.54 Å². The maximum absolute atomic E-state index is 6.35. The van der Waals surface area contributed by atoms with Crippen molar-refractivity contribution in [2.45, 2.75) is 58.4 Å². The van der Waals surface area contributed by atoms with Crippen LogP contribution in [0.2, 0.25) is 0 Å². The van der Waals surface area contributed by atoms with E-state index in [2.05, 4.69) is 20.8 Å². The van der Waals surface area contributed by atoms with Crippen LogP contribution in [0.4, 0.5) is 0 Å². The molecule has 0 aromatic heterocycles. The SMILES string of the molecule is CC1CC1(N)C1CCC(C)(C)CC1. The molecule has 76 valence electrons. The molecule has 1 nitrogen and oxygen atoms in total. The number of hydrogen-bond donors (Lipinski definition) is 1. The van der Waals surface area contributed by atoms with E-state index in [1.54, 1.807) is 0 Å². The average molecular weight is 181 g/mol. The summed E-state index contributed by atoms with van der Waals surface area (Å²) in [7, 11) is 0. The standard InChI is InChI=1S/C12H23N/c1-9-8-12(9,13)10-4-6-11(2,3)7-5-10/h9-10H,4-8,13H2,1-3H3. The number of hydrogen-bond acceptors (Lipinski definition) is 1. The Labute approximate surface area is 82.1 Å². The van der Waals surface area contributed by atoms with Crippen molar-refractivity contribution >= 4 is 0 Å². The topological polar surface area (TPSA) is 26.0 Å². The highest BCUT2D eigenvalue weighted by Gasteiger charge is 2.53. The van der Waals surface area contributed by atoms with Crippen molar-refractivity contribution < 1.29 is 0 Å². The Morgan fingerprint density at radius 2 is 1.62 bits per heavy atom. The van der Waals surface area contributed by atoms with E-state index in [-0.39, 0.29) is 5.54 Å². The molecule has 2 aliphatic rings. The minimum Gasteiger partial charge on any atom is -0.325 e. The first-order valence-corrected chi connectivity index (χ1v) is 5.73. The van der Waals surface area contributed by atoms with Crippen molar-refractivity contribution in [3.63, 3.8) is 0 Å². The van der Waals surface area contributed by atoms with E-state index in [9.17, 15) is 0 Å². The molecule has 0 bridgehead atoms.